The van der Waals surface area contributed by atoms with Crippen LogP contribution in [0, 0.1) is 6.92 Å². The summed E-state index contributed by atoms with van der Waals surface area (Å²) in [5.41, 5.74) is 2.14. The van der Waals surface area contributed by atoms with Crippen LogP contribution in [0.25, 0.3) is 0 Å². The Labute approximate surface area is 140 Å². The predicted octanol–water partition coefficient (Wildman–Crippen LogP) is 3.55. The molecule has 0 fully saturated rings. The highest BCUT2D eigenvalue weighted by Gasteiger charge is 2.04. The van der Waals surface area contributed by atoms with Crippen LogP contribution in [0.5, 0.6) is 0 Å². The molecule has 0 radical (unpaired) electrons. The minimum Gasteiger partial charge on any atom is -0.331 e. The molecule has 5 heteroatoms. The number of nitrogens with zero attached hydrogens (tertiary/aromatic N) is 3. The molecule has 0 saturated heterocycles. The Morgan fingerprint density at radius 2 is 1.96 bits per heavy atom. The van der Waals surface area contributed by atoms with Crippen molar-refractivity contribution in [1.29, 1.82) is 0 Å². The van der Waals surface area contributed by atoms with E-state index >= 15 is 0 Å². The van der Waals surface area contributed by atoms with Gasteiger partial charge in [-0.05, 0) is 43.8 Å². The van der Waals surface area contributed by atoms with Crippen molar-refractivity contribution in [2.24, 2.45) is 4.99 Å². The Hall–Kier alpha value is -2.53. The van der Waals surface area contributed by atoms with Gasteiger partial charge in [0.25, 0.3) is 0 Å². The molecule has 0 aliphatic heterocycles. The Kier molecular flexibility index (Phi) is 4.78. The molecule has 2 aromatic rings. The molecule has 0 atom stereocenters. The maximum atomic E-state index is 5.27. The maximum Gasteiger partial charge on any atom is 0.197 e. The van der Waals surface area contributed by atoms with Crippen molar-refractivity contribution < 1.29 is 0 Å². The SMILES string of the molecule is Cc1ccc(NC(=S)N=c2ccn(C3C=CCC=C3)nc2)cc1. The van der Waals surface area contributed by atoms with E-state index in [-0.39, 0.29) is 6.04 Å². The molecule has 0 unspecified atom stereocenters. The van der Waals surface area contributed by atoms with Gasteiger partial charge in [-0.15, -0.1) is 0 Å². The molecule has 1 aliphatic rings. The van der Waals surface area contributed by atoms with Crippen molar-refractivity contribution in [1.82, 2.24) is 9.78 Å². The molecule has 3 rings (SSSR count). The topological polar surface area (TPSA) is 42.2 Å². The van der Waals surface area contributed by atoms with Crippen LogP contribution >= 0.6 is 12.2 Å². The van der Waals surface area contributed by atoms with Gasteiger partial charge >= 0.3 is 0 Å². The van der Waals surface area contributed by atoms with Gasteiger partial charge in [-0.2, -0.15) is 5.10 Å². The molecule has 116 valence electrons. The Bertz CT molecular complexity index is 783. The summed E-state index contributed by atoms with van der Waals surface area (Å²) in [5, 5.41) is 8.66. The second-order valence-corrected chi connectivity index (χ2v) is 5.74. The van der Waals surface area contributed by atoms with E-state index in [1.54, 1.807) is 6.20 Å². The fourth-order valence-electron chi connectivity index (χ4n) is 2.26. The zero-order chi connectivity index (χ0) is 16.1. The number of thiocarbonyl (C=S) groups is 1. The Morgan fingerprint density at radius 3 is 2.61 bits per heavy atom. The zero-order valence-corrected chi connectivity index (χ0v) is 13.7. The number of benzene rings is 1. The highest BCUT2D eigenvalue weighted by molar-refractivity contribution is 7.80. The molecule has 1 aromatic carbocycles. The fraction of sp³-hybridized carbons (Fsp3) is 0.167. The van der Waals surface area contributed by atoms with Crippen LogP contribution in [0.15, 0.2) is 72.0 Å². The Balaban J connectivity index is 1.70. The van der Waals surface area contributed by atoms with Crippen LogP contribution in [-0.4, -0.2) is 14.9 Å². The van der Waals surface area contributed by atoms with Gasteiger partial charge in [-0.3, -0.25) is 4.68 Å². The van der Waals surface area contributed by atoms with Crippen molar-refractivity contribution >= 4 is 23.0 Å². The van der Waals surface area contributed by atoms with E-state index in [9.17, 15) is 0 Å². The lowest BCUT2D eigenvalue weighted by molar-refractivity contribution is 0.601. The number of hydrogen-bond acceptors (Lipinski definition) is 2. The molecule has 1 aromatic heterocycles. The van der Waals surface area contributed by atoms with E-state index < -0.39 is 0 Å². The fourth-order valence-corrected chi connectivity index (χ4v) is 2.49. The molecule has 1 heterocycles. The van der Waals surface area contributed by atoms with Gasteiger partial charge in [0, 0.05) is 11.9 Å². The predicted molar refractivity (Wildman–Crippen MR) is 97.1 cm³/mol. The summed E-state index contributed by atoms with van der Waals surface area (Å²) < 4.78 is 1.89. The van der Waals surface area contributed by atoms with Crippen molar-refractivity contribution in [3.8, 4) is 0 Å². The first kappa shape index (κ1) is 15.4. The lowest BCUT2D eigenvalue weighted by Crippen LogP contribution is -2.16. The molecule has 0 spiro atoms. The van der Waals surface area contributed by atoms with Crippen LogP contribution in [0.1, 0.15) is 18.0 Å². The summed E-state index contributed by atoms with van der Waals surface area (Å²) in [4.78, 5) is 4.37. The standard InChI is InChI=1S/C18H18N4S/c1-14-7-9-15(10-8-14)20-18(23)21-16-11-12-22(19-13-16)17-5-3-2-4-6-17/h3-13,17H,2H2,1H3,(H,20,23). The van der Waals surface area contributed by atoms with Crippen LogP contribution < -0.4 is 10.7 Å². The van der Waals surface area contributed by atoms with Crippen molar-refractivity contribution in [3.63, 3.8) is 0 Å². The molecule has 0 saturated carbocycles. The minimum absolute atomic E-state index is 0.176. The summed E-state index contributed by atoms with van der Waals surface area (Å²) in [6.45, 7) is 2.05. The summed E-state index contributed by atoms with van der Waals surface area (Å²) in [6.07, 6.45) is 13.2. The molecule has 1 aliphatic carbocycles. The average Bonchev–Trinajstić information content (AvgIpc) is 2.58. The maximum absolute atomic E-state index is 5.27. The van der Waals surface area contributed by atoms with E-state index in [1.807, 2.05) is 48.1 Å². The summed E-state index contributed by atoms with van der Waals surface area (Å²) in [5.74, 6) is 0. The molecule has 1 N–H and O–H groups in total. The first-order chi connectivity index (χ1) is 11.2. The normalized spacial score (nSPS) is 14.9. The molecular weight excluding hydrogens is 304 g/mol. The number of aromatic nitrogens is 2. The van der Waals surface area contributed by atoms with Gasteiger partial charge in [0.05, 0.1) is 17.6 Å². The molecule has 0 bridgehead atoms. The van der Waals surface area contributed by atoms with Gasteiger partial charge in [-0.1, -0.05) is 42.0 Å². The Morgan fingerprint density at radius 1 is 1.22 bits per heavy atom. The van der Waals surface area contributed by atoms with Gasteiger partial charge in [-0.25, -0.2) is 4.99 Å². The van der Waals surface area contributed by atoms with Crippen molar-refractivity contribution in [2.45, 2.75) is 19.4 Å². The van der Waals surface area contributed by atoms with Crippen molar-refractivity contribution in [2.75, 3.05) is 5.32 Å². The van der Waals surface area contributed by atoms with Gasteiger partial charge < -0.3 is 5.32 Å². The molecule has 4 nitrogen and oxygen atoms in total. The van der Waals surface area contributed by atoms with Gasteiger partial charge in [0.2, 0.25) is 0 Å². The quantitative estimate of drug-likeness (QED) is 0.679. The number of aryl methyl sites for hydroxylation is 1. The minimum atomic E-state index is 0.176. The number of hydrogen-bond donors (Lipinski definition) is 1. The summed E-state index contributed by atoms with van der Waals surface area (Å²) in [7, 11) is 0. The third kappa shape index (κ3) is 4.23. The van der Waals surface area contributed by atoms with E-state index in [0.29, 0.717) is 5.11 Å². The van der Waals surface area contributed by atoms with E-state index in [4.69, 9.17) is 12.2 Å². The number of allylic oxidation sites excluding steroid dienone is 4. The number of rotatable bonds is 2. The average molecular weight is 322 g/mol. The van der Waals surface area contributed by atoms with E-state index in [2.05, 4.69) is 39.7 Å². The highest BCUT2D eigenvalue weighted by Crippen LogP contribution is 2.13. The van der Waals surface area contributed by atoms with Crippen LogP contribution in [-0.2, 0) is 0 Å². The second-order valence-electron chi connectivity index (χ2n) is 5.36. The number of anilines is 1. The monoisotopic (exact) mass is 322 g/mol. The third-order valence-corrected chi connectivity index (χ3v) is 3.69. The van der Waals surface area contributed by atoms with Gasteiger partial charge in [0.15, 0.2) is 5.11 Å². The van der Waals surface area contributed by atoms with Crippen molar-refractivity contribution in [3.05, 3.63) is 78.0 Å². The first-order valence-electron chi connectivity index (χ1n) is 7.51. The zero-order valence-electron chi connectivity index (χ0n) is 12.9. The third-order valence-electron chi connectivity index (χ3n) is 3.50. The summed E-state index contributed by atoms with van der Waals surface area (Å²) in [6, 6.07) is 10.1. The summed E-state index contributed by atoms with van der Waals surface area (Å²) >= 11 is 5.27. The molecule has 23 heavy (non-hydrogen) atoms. The largest absolute Gasteiger partial charge is 0.331 e. The highest BCUT2D eigenvalue weighted by atomic mass is 32.1. The lowest BCUT2D eigenvalue weighted by atomic mass is 10.1. The van der Waals surface area contributed by atoms with Crippen LogP contribution in [0.2, 0.25) is 0 Å². The second kappa shape index (κ2) is 7.15. The van der Waals surface area contributed by atoms with E-state index in [0.717, 1.165) is 17.5 Å². The molecule has 0 amide bonds. The lowest BCUT2D eigenvalue weighted by Gasteiger charge is -2.13. The smallest absolute Gasteiger partial charge is 0.197 e. The van der Waals surface area contributed by atoms with Gasteiger partial charge in [0.1, 0.15) is 0 Å². The van der Waals surface area contributed by atoms with Crippen LogP contribution in [0.3, 0.4) is 0 Å². The van der Waals surface area contributed by atoms with Crippen LogP contribution in [0.4, 0.5) is 5.69 Å². The van der Waals surface area contributed by atoms with E-state index in [1.165, 1.54) is 5.56 Å². The molecular formula is C18H18N4S. The first-order valence-corrected chi connectivity index (χ1v) is 7.92. The number of nitrogens with one attached hydrogen (secondary N) is 1.